The average Bonchev–Trinajstić information content (AvgIpc) is 2.39. The fourth-order valence-electron chi connectivity index (χ4n) is 2.86. The number of hydrogen-bond acceptors (Lipinski definition) is 3. The van der Waals surface area contributed by atoms with E-state index >= 15 is 0 Å². The van der Waals surface area contributed by atoms with E-state index in [-0.39, 0.29) is 0 Å². The second-order valence-corrected chi connectivity index (χ2v) is 6.28. The van der Waals surface area contributed by atoms with Crippen LogP contribution in [0.1, 0.15) is 37.2 Å². The summed E-state index contributed by atoms with van der Waals surface area (Å²) in [6, 6.07) is 7.40. The molecular formula is C14H20N2S. The molecule has 1 saturated carbocycles. The summed E-state index contributed by atoms with van der Waals surface area (Å²) >= 11 is 1.98. The highest BCUT2D eigenvalue weighted by atomic mass is 32.2. The first-order valence-electron chi connectivity index (χ1n) is 6.59. The molecule has 0 aromatic heterocycles. The van der Waals surface area contributed by atoms with Crippen molar-refractivity contribution in [3.8, 4) is 0 Å². The van der Waals surface area contributed by atoms with E-state index < -0.39 is 0 Å². The Morgan fingerprint density at radius 3 is 2.82 bits per heavy atom. The van der Waals surface area contributed by atoms with Crippen molar-refractivity contribution in [2.24, 2.45) is 5.73 Å². The maximum absolute atomic E-state index is 5.97. The van der Waals surface area contributed by atoms with Crippen molar-refractivity contribution in [1.29, 1.82) is 0 Å². The van der Waals surface area contributed by atoms with Crippen LogP contribution in [0.4, 0.5) is 5.69 Å². The lowest BCUT2D eigenvalue weighted by atomic mass is 9.82. The van der Waals surface area contributed by atoms with Crippen LogP contribution < -0.4 is 11.1 Å². The van der Waals surface area contributed by atoms with Crippen molar-refractivity contribution in [1.82, 2.24) is 0 Å². The van der Waals surface area contributed by atoms with Crippen molar-refractivity contribution < 1.29 is 0 Å². The third-order valence-electron chi connectivity index (χ3n) is 3.92. The first-order chi connectivity index (χ1) is 8.33. The first-order valence-corrected chi connectivity index (χ1v) is 7.57. The topological polar surface area (TPSA) is 38.0 Å². The van der Waals surface area contributed by atoms with Crippen LogP contribution in [0.15, 0.2) is 23.1 Å². The Morgan fingerprint density at radius 1 is 1.18 bits per heavy atom. The van der Waals surface area contributed by atoms with E-state index in [0.717, 1.165) is 12.5 Å². The molecule has 3 N–H and O–H groups in total. The normalized spacial score (nSPS) is 28.3. The van der Waals surface area contributed by atoms with Gasteiger partial charge in [-0.05, 0) is 49.3 Å². The first kappa shape index (κ1) is 11.4. The summed E-state index contributed by atoms with van der Waals surface area (Å²) in [6.07, 6.45) is 4.90. The van der Waals surface area contributed by atoms with Gasteiger partial charge in [0.25, 0.3) is 0 Å². The van der Waals surface area contributed by atoms with Gasteiger partial charge < -0.3 is 11.1 Å². The zero-order valence-corrected chi connectivity index (χ0v) is 10.9. The Hall–Kier alpha value is -0.670. The van der Waals surface area contributed by atoms with Crippen LogP contribution in [-0.4, -0.2) is 18.3 Å². The molecule has 1 aromatic rings. The Bertz CT molecular complexity index is 397. The molecule has 0 amide bonds. The van der Waals surface area contributed by atoms with Gasteiger partial charge in [-0.15, -0.1) is 11.8 Å². The Kier molecular flexibility index (Phi) is 3.30. The zero-order chi connectivity index (χ0) is 11.7. The molecule has 0 bridgehead atoms. The maximum atomic E-state index is 5.97. The highest BCUT2D eigenvalue weighted by molar-refractivity contribution is 7.99. The molecule has 17 heavy (non-hydrogen) atoms. The van der Waals surface area contributed by atoms with Gasteiger partial charge in [-0.3, -0.25) is 0 Å². The molecule has 3 heteroatoms. The predicted octanol–water partition coefficient (Wildman–Crippen LogP) is 3.19. The van der Waals surface area contributed by atoms with Gasteiger partial charge in [-0.2, -0.15) is 0 Å². The number of anilines is 1. The molecule has 0 spiro atoms. The minimum absolute atomic E-state index is 0.444. The number of thioether (sulfide) groups is 1. The van der Waals surface area contributed by atoms with Gasteiger partial charge in [0.1, 0.15) is 0 Å². The largest absolute Gasteiger partial charge is 0.383 e. The van der Waals surface area contributed by atoms with E-state index in [1.54, 1.807) is 0 Å². The molecule has 0 saturated heterocycles. The highest BCUT2D eigenvalue weighted by Gasteiger charge is 2.21. The van der Waals surface area contributed by atoms with Crippen molar-refractivity contribution >= 4 is 17.4 Å². The monoisotopic (exact) mass is 248 g/mol. The van der Waals surface area contributed by atoms with Crippen LogP contribution in [-0.2, 0) is 0 Å². The number of nitrogens with one attached hydrogen (secondary N) is 1. The van der Waals surface area contributed by atoms with Gasteiger partial charge in [0, 0.05) is 28.9 Å². The van der Waals surface area contributed by atoms with E-state index in [9.17, 15) is 0 Å². The summed E-state index contributed by atoms with van der Waals surface area (Å²) in [6.45, 7) is 1.09. The maximum Gasteiger partial charge on any atom is 0.0478 e. The molecule has 1 heterocycles. The summed E-state index contributed by atoms with van der Waals surface area (Å²) < 4.78 is 0. The fraction of sp³-hybridized carbons (Fsp3) is 0.571. The van der Waals surface area contributed by atoms with Gasteiger partial charge in [0.15, 0.2) is 0 Å². The minimum atomic E-state index is 0.444. The lowest BCUT2D eigenvalue weighted by Gasteiger charge is -2.27. The number of rotatable bonds is 1. The van der Waals surface area contributed by atoms with Crippen molar-refractivity contribution in [3.63, 3.8) is 0 Å². The quantitative estimate of drug-likeness (QED) is 0.801. The van der Waals surface area contributed by atoms with Crippen molar-refractivity contribution in [3.05, 3.63) is 23.8 Å². The molecule has 1 aliphatic carbocycles. The average molecular weight is 248 g/mol. The second kappa shape index (κ2) is 4.91. The molecule has 92 valence electrons. The van der Waals surface area contributed by atoms with Gasteiger partial charge in [-0.1, -0.05) is 6.07 Å². The van der Waals surface area contributed by atoms with E-state index in [1.807, 2.05) is 11.8 Å². The smallest absolute Gasteiger partial charge is 0.0478 e. The van der Waals surface area contributed by atoms with Crippen molar-refractivity contribution in [2.45, 2.75) is 42.5 Å². The standard InChI is InChI=1S/C14H20N2S/c15-12-4-1-10(2-5-12)11-3-6-13-14(9-11)17-8-7-16-13/h3,6,9-10,12,16H,1-2,4-5,7-8,15H2. The van der Waals surface area contributed by atoms with Crippen molar-refractivity contribution in [2.75, 3.05) is 17.6 Å². The van der Waals surface area contributed by atoms with E-state index in [4.69, 9.17) is 5.73 Å². The van der Waals surface area contributed by atoms with Crippen LogP contribution in [0.2, 0.25) is 0 Å². The predicted molar refractivity (Wildman–Crippen MR) is 74.8 cm³/mol. The molecule has 1 fully saturated rings. The van der Waals surface area contributed by atoms with E-state index in [1.165, 1.54) is 47.6 Å². The summed E-state index contributed by atoms with van der Waals surface area (Å²) in [7, 11) is 0. The molecule has 0 unspecified atom stereocenters. The molecule has 1 aliphatic heterocycles. The fourth-order valence-corrected chi connectivity index (χ4v) is 3.80. The Labute approximate surface area is 107 Å². The SMILES string of the molecule is NC1CCC(c2ccc3c(c2)SCCN3)CC1. The van der Waals surface area contributed by atoms with Gasteiger partial charge in [0.05, 0.1) is 0 Å². The molecule has 1 aromatic carbocycles. The third-order valence-corrected chi connectivity index (χ3v) is 4.98. The van der Waals surface area contributed by atoms with Crippen LogP contribution in [0.25, 0.3) is 0 Å². The molecule has 0 atom stereocenters. The zero-order valence-electron chi connectivity index (χ0n) is 10.1. The van der Waals surface area contributed by atoms with Crippen LogP contribution in [0, 0.1) is 0 Å². The third kappa shape index (κ3) is 2.45. The lowest BCUT2D eigenvalue weighted by molar-refractivity contribution is 0.395. The summed E-state index contributed by atoms with van der Waals surface area (Å²) in [5, 5.41) is 3.46. The molecule has 0 radical (unpaired) electrons. The molecule has 2 nitrogen and oxygen atoms in total. The Balaban J connectivity index is 1.79. The minimum Gasteiger partial charge on any atom is -0.383 e. The summed E-state index contributed by atoms with van der Waals surface area (Å²) in [4.78, 5) is 1.43. The second-order valence-electron chi connectivity index (χ2n) is 5.14. The van der Waals surface area contributed by atoms with E-state index in [0.29, 0.717) is 6.04 Å². The lowest BCUT2D eigenvalue weighted by Crippen LogP contribution is -2.25. The molecule has 2 aliphatic rings. The summed E-state index contributed by atoms with van der Waals surface area (Å²) in [5.74, 6) is 1.93. The number of benzene rings is 1. The van der Waals surface area contributed by atoms with Gasteiger partial charge in [0.2, 0.25) is 0 Å². The Morgan fingerprint density at radius 2 is 2.00 bits per heavy atom. The molecule has 3 rings (SSSR count). The van der Waals surface area contributed by atoms with E-state index in [2.05, 4.69) is 23.5 Å². The highest BCUT2D eigenvalue weighted by Crippen LogP contribution is 2.37. The van der Waals surface area contributed by atoms with Crippen LogP contribution in [0.5, 0.6) is 0 Å². The summed E-state index contributed by atoms with van der Waals surface area (Å²) in [5.41, 5.74) is 8.81. The number of hydrogen-bond donors (Lipinski definition) is 2. The van der Waals surface area contributed by atoms with Gasteiger partial charge in [-0.25, -0.2) is 0 Å². The van der Waals surface area contributed by atoms with Crippen LogP contribution >= 0.6 is 11.8 Å². The van der Waals surface area contributed by atoms with Gasteiger partial charge >= 0.3 is 0 Å². The number of nitrogens with two attached hydrogens (primary N) is 1. The molecular weight excluding hydrogens is 228 g/mol. The van der Waals surface area contributed by atoms with Crippen LogP contribution in [0.3, 0.4) is 0 Å². The number of fused-ring (bicyclic) bond motifs is 1.